The second kappa shape index (κ2) is 6.70. The largest absolute Gasteiger partial charge is 0.369 e. The molecule has 1 heterocycles. The van der Waals surface area contributed by atoms with Crippen molar-refractivity contribution in [1.82, 2.24) is 10.4 Å². The van der Waals surface area contributed by atoms with Gasteiger partial charge < -0.3 is 10.2 Å². The van der Waals surface area contributed by atoms with Crippen LogP contribution in [0, 0.1) is 11.3 Å². The predicted molar refractivity (Wildman–Crippen MR) is 77.5 cm³/mol. The molecule has 1 aromatic carbocycles. The normalized spacial score (nSPS) is 18.9. The quantitative estimate of drug-likeness (QED) is 0.616. The maximum Gasteiger partial charge on any atom is 0.101 e. The third kappa shape index (κ3) is 3.20. The predicted octanol–water partition coefficient (Wildman–Crippen LogP) is 1.11. The smallest absolute Gasteiger partial charge is 0.101 e. The van der Waals surface area contributed by atoms with Gasteiger partial charge in [-0.3, -0.25) is 5.09 Å². The summed E-state index contributed by atoms with van der Waals surface area (Å²) in [7, 11) is 2.51. The SMILES string of the molecule is N#Cc1ccccc1N1CCC(NCCNP)C1. The Hall–Kier alpha value is -1.14. The van der Waals surface area contributed by atoms with E-state index in [1.807, 2.05) is 24.3 Å². The minimum absolute atomic E-state index is 0.523. The van der Waals surface area contributed by atoms with E-state index < -0.39 is 0 Å². The maximum absolute atomic E-state index is 9.12. The van der Waals surface area contributed by atoms with Crippen molar-refractivity contribution in [2.75, 3.05) is 31.1 Å². The third-order valence-electron chi connectivity index (χ3n) is 3.26. The molecule has 1 fully saturated rings. The molecule has 1 aliphatic heterocycles. The lowest BCUT2D eigenvalue weighted by Gasteiger charge is -2.20. The number of hydrogen-bond acceptors (Lipinski definition) is 4. The minimum atomic E-state index is 0.523. The Morgan fingerprint density at radius 3 is 3.00 bits per heavy atom. The van der Waals surface area contributed by atoms with E-state index in [1.165, 1.54) is 0 Å². The van der Waals surface area contributed by atoms with Gasteiger partial charge in [0.05, 0.1) is 11.3 Å². The average molecular weight is 262 g/mol. The zero-order chi connectivity index (χ0) is 12.8. The zero-order valence-electron chi connectivity index (χ0n) is 10.4. The second-order valence-electron chi connectivity index (χ2n) is 4.47. The van der Waals surface area contributed by atoms with Crippen LogP contribution in [0.5, 0.6) is 0 Å². The van der Waals surface area contributed by atoms with E-state index in [-0.39, 0.29) is 0 Å². The van der Waals surface area contributed by atoms with Crippen molar-refractivity contribution in [2.45, 2.75) is 12.5 Å². The van der Waals surface area contributed by atoms with Crippen LogP contribution in [0.1, 0.15) is 12.0 Å². The van der Waals surface area contributed by atoms with Crippen LogP contribution in [-0.4, -0.2) is 32.2 Å². The Labute approximate surface area is 111 Å². The molecule has 2 N–H and O–H groups in total. The third-order valence-corrected chi connectivity index (χ3v) is 3.54. The number of nitrogens with one attached hydrogen (secondary N) is 2. The van der Waals surface area contributed by atoms with E-state index in [0.717, 1.165) is 43.9 Å². The fourth-order valence-electron chi connectivity index (χ4n) is 2.34. The number of para-hydroxylation sites is 1. The number of nitriles is 1. The van der Waals surface area contributed by atoms with Gasteiger partial charge in [0.1, 0.15) is 6.07 Å². The summed E-state index contributed by atoms with van der Waals surface area (Å²) >= 11 is 0. The van der Waals surface area contributed by atoms with Crippen LogP contribution >= 0.6 is 9.39 Å². The Kier molecular flexibility index (Phi) is 4.95. The second-order valence-corrected chi connectivity index (χ2v) is 4.88. The summed E-state index contributed by atoms with van der Waals surface area (Å²) in [5.74, 6) is 0. The fourth-order valence-corrected chi connectivity index (χ4v) is 2.48. The highest BCUT2D eigenvalue weighted by atomic mass is 31.0. The van der Waals surface area contributed by atoms with Crippen LogP contribution in [0.15, 0.2) is 24.3 Å². The Morgan fingerprint density at radius 2 is 2.22 bits per heavy atom. The van der Waals surface area contributed by atoms with E-state index in [0.29, 0.717) is 6.04 Å². The van der Waals surface area contributed by atoms with Gasteiger partial charge in [-0.1, -0.05) is 21.5 Å². The molecule has 18 heavy (non-hydrogen) atoms. The molecule has 2 atom stereocenters. The van der Waals surface area contributed by atoms with E-state index in [4.69, 9.17) is 5.26 Å². The first-order chi connectivity index (χ1) is 8.85. The first-order valence-electron chi connectivity index (χ1n) is 6.26. The molecule has 0 aromatic heterocycles. The molecular weight excluding hydrogens is 243 g/mol. The van der Waals surface area contributed by atoms with Crippen molar-refractivity contribution in [1.29, 1.82) is 5.26 Å². The van der Waals surface area contributed by atoms with Gasteiger partial charge in [0.15, 0.2) is 0 Å². The molecule has 5 heteroatoms. The molecule has 0 bridgehead atoms. The van der Waals surface area contributed by atoms with Gasteiger partial charge in [0, 0.05) is 32.2 Å². The Balaban J connectivity index is 1.94. The van der Waals surface area contributed by atoms with Gasteiger partial charge in [-0.05, 0) is 18.6 Å². The highest BCUT2D eigenvalue weighted by Gasteiger charge is 2.23. The average Bonchev–Trinajstić information content (AvgIpc) is 2.88. The monoisotopic (exact) mass is 262 g/mol. The number of anilines is 1. The lowest BCUT2D eigenvalue weighted by atomic mass is 10.2. The van der Waals surface area contributed by atoms with E-state index in [1.54, 1.807) is 0 Å². The highest BCUT2D eigenvalue weighted by Crippen LogP contribution is 2.23. The van der Waals surface area contributed by atoms with Crippen molar-refractivity contribution in [3.8, 4) is 6.07 Å². The van der Waals surface area contributed by atoms with Crippen molar-refractivity contribution in [2.24, 2.45) is 0 Å². The molecule has 4 nitrogen and oxygen atoms in total. The fraction of sp³-hybridized carbons (Fsp3) is 0.462. The van der Waals surface area contributed by atoms with E-state index in [2.05, 4.69) is 30.8 Å². The van der Waals surface area contributed by atoms with Gasteiger partial charge in [-0.25, -0.2) is 0 Å². The van der Waals surface area contributed by atoms with Crippen LogP contribution in [0.4, 0.5) is 5.69 Å². The van der Waals surface area contributed by atoms with Crippen molar-refractivity contribution in [3.05, 3.63) is 29.8 Å². The van der Waals surface area contributed by atoms with Gasteiger partial charge in [0.25, 0.3) is 0 Å². The summed E-state index contributed by atoms with van der Waals surface area (Å²) in [6.07, 6.45) is 1.14. The molecule has 0 spiro atoms. The summed E-state index contributed by atoms with van der Waals surface area (Å²) in [5.41, 5.74) is 1.83. The lowest BCUT2D eigenvalue weighted by Crippen LogP contribution is -2.35. The molecule has 0 aliphatic carbocycles. The maximum atomic E-state index is 9.12. The summed E-state index contributed by atoms with van der Waals surface area (Å²) in [4.78, 5) is 2.30. The zero-order valence-corrected chi connectivity index (χ0v) is 11.5. The molecule has 0 radical (unpaired) electrons. The van der Waals surface area contributed by atoms with Crippen molar-refractivity contribution >= 4 is 15.1 Å². The van der Waals surface area contributed by atoms with Gasteiger partial charge in [-0.2, -0.15) is 5.26 Å². The van der Waals surface area contributed by atoms with Crippen LogP contribution < -0.4 is 15.3 Å². The topological polar surface area (TPSA) is 51.1 Å². The number of nitrogens with zero attached hydrogens (tertiary/aromatic N) is 2. The molecular formula is C13H19N4P. The number of rotatable bonds is 5. The van der Waals surface area contributed by atoms with Crippen LogP contribution in [0.2, 0.25) is 0 Å². The van der Waals surface area contributed by atoms with Crippen LogP contribution in [0.3, 0.4) is 0 Å². The highest BCUT2D eigenvalue weighted by molar-refractivity contribution is 7.13. The van der Waals surface area contributed by atoms with Crippen LogP contribution in [0.25, 0.3) is 0 Å². The molecule has 1 saturated heterocycles. The summed E-state index contributed by atoms with van der Waals surface area (Å²) in [6.45, 7) is 3.93. The van der Waals surface area contributed by atoms with E-state index in [9.17, 15) is 0 Å². The molecule has 1 aromatic rings. The first-order valence-corrected chi connectivity index (χ1v) is 6.84. The molecule has 0 saturated carbocycles. The lowest BCUT2D eigenvalue weighted by molar-refractivity contribution is 0.554. The Bertz CT molecular complexity index is 429. The van der Waals surface area contributed by atoms with Crippen molar-refractivity contribution in [3.63, 3.8) is 0 Å². The number of hydrogen-bond donors (Lipinski definition) is 2. The Morgan fingerprint density at radius 1 is 1.39 bits per heavy atom. The van der Waals surface area contributed by atoms with Crippen molar-refractivity contribution < 1.29 is 0 Å². The van der Waals surface area contributed by atoms with Gasteiger partial charge in [0.2, 0.25) is 0 Å². The standard InChI is InChI=1S/C13H19N4P/c14-9-11-3-1-2-4-13(11)17-8-5-12(10-17)15-6-7-16-18/h1-4,12,15-16H,5-8,10,18H2. The summed E-state index contributed by atoms with van der Waals surface area (Å²) < 4.78 is 0. The summed E-state index contributed by atoms with van der Waals surface area (Å²) in [5, 5.41) is 15.7. The minimum Gasteiger partial charge on any atom is -0.369 e. The molecule has 1 aliphatic rings. The first kappa shape index (κ1) is 13.3. The molecule has 96 valence electrons. The molecule has 2 unspecified atom stereocenters. The molecule has 0 amide bonds. The number of benzene rings is 1. The van der Waals surface area contributed by atoms with Gasteiger partial charge in [-0.15, -0.1) is 0 Å². The summed E-state index contributed by atoms with van der Waals surface area (Å²) in [6, 6.07) is 10.6. The molecule has 2 rings (SSSR count). The van der Waals surface area contributed by atoms with E-state index >= 15 is 0 Å². The van der Waals surface area contributed by atoms with Crippen LogP contribution in [-0.2, 0) is 0 Å². The van der Waals surface area contributed by atoms with Gasteiger partial charge >= 0.3 is 0 Å².